The van der Waals surface area contributed by atoms with Crippen LogP contribution in [-0.4, -0.2) is 11.5 Å². The fraction of sp³-hybridized carbons (Fsp3) is 0.364. The number of aromatic nitrogens is 1. The minimum atomic E-state index is -0.313. The first-order chi connectivity index (χ1) is 6.77. The van der Waals surface area contributed by atoms with E-state index in [0.717, 1.165) is 18.7 Å². The summed E-state index contributed by atoms with van der Waals surface area (Å²) in [6, 6.07) is 3.09. The Labute approximate surface area is 83.9 Å². The normalized spacial score (nSPS) is 12.4. The van der Waals surface area contributed by atoms with Gasteiger partial charge in [-0.25, -0.2) is 4.39 Å². The highest BCUT2D eigenvalue weighted by molar-refractivity contribution is 5.14. The van der Waals surface area contributed by atoms with Crippen molar-refractivity contribution < 1.29 is 4.39 Å². The first-order valence-corrected chi connectivity index (χ1v) is 4.75. The molecule has 0 aliphatic heterocycles. The zero-order valence-corrected chi connectivity index (χ0v) is 8.33. The molecule has 0 amide bonds. The topological polar surface area (TPSA) is 24.9 Å². The molecule has 1 unspecified atom stereocenters. The summed E-state index contributed by atoms with van der Waals surface area (Å²) >= 11 is 0. The second-order valence-electron chi connectivity index (χ2n) is 3.07. The van der Waals surface area contributed by atoms with Crippen LogP contribution in [0.25, 0.3) is 0 Å². The van der Waals surface area contributed by atoms with E-state index >= 15 is 0 Å². The van der Waals surface area contributed by atoms with Crippen LogP contribution < -0.4 is 5.32 Å². The van der Waals surface area contributed by atoms with Crippen LogP contribution in [0.2, 0.25) is 0 Å². The summed E-state index contributed by atoms with van der Waals surface area (Å²) in [5.74, 6) is -0.313. The predicted molar refractivity (Wildman–Crippen MR) is 55.4 cm³/mol. The molecule has 1 heterocycles. The van der Waals surface area contributed by atoms with E-state index in [1.165, 1.54) is 12.3 Å². The van der Waals surface area contributed by atoms with Crippen LogP contribution in [0.1, 0.15) is 25.1 Å². The van der Waals surface area contributed by atoms with Crippen LogP contribution in [0.15, 0.2) is 31.0 Å². The van der Waals surface area contributed by atoms with E-state index < -0.39 is 0 Å². The number of nitrogens with one attached hydrogen (secondary N) is 1. The van der Waals surface area contributed by atoms with Crippen LogP contribution in [-0.2, 0) is 0 Å². The average Bonchev–Trinajstić information content (AvgIpc) is 2.21. The van der Waals surface area contributed by atoms with Gasteiger partial charge in [-0.05, 0) is 25.1 Å². The summed E-state index contributed by atoms with van der Waals surface area (Å²) in [4.78, 5) is 3.99. The Morgan fingerprint density at radius 3 is 2.93 bits per heavy atom. The zero-order valence-electron chi connectivity index (χ0n) is 8.33. The van der Waals surface area contributed by atoms with E-state index in [0.29, 0.717) is 0 Å². The first-order valence-electron chi connectivity index (χ1n) is 4.75. The minimum absolute atomic E-state index is 0.00977. The Balaban J connectivity index is 2.68. The number of pyridine rings is 1. The monoisotopic (exact) mass is 194 g/mol. The molecule has 0 radical (unpaired) electrons. The van der Waals surface area contributed by atoms with Crippen LogP contribution in [0.4, 0.5) is 4.39 Å². The van der Waals surface area contributed by atoms with Gasteiger partial charge in [0.05, 0.1) is 17.9 Å². The van der Waals surface area contributed by atoms with Gasteiger partial charge in [0, 0.05) is 0 Å². The highest BCUT2D eigenvalue weighted by Crippen LogP contribution is 2.10. The molecular weight excluding hydrogens is 179 g/mol. The first kappa shape index (κ1) is 10.9. The van der Waals surface area contributed by atoms with Crippen molar-refractivity contribution in [2.75, 3.05) is 6.54 Å². The lowest BCUT2D eigenvalue weighted by molar-refractivity contribution is 0.587. The van der Waals surface area contributed by atoms with Crippen molar-refractivity contribution >= 4 is 0 Å². The van der Waals surface area contributed by atoms with Crippen LogP contribution in [0.3, 0.4) is 0 Å². The molecule has 2 nitrogen and oxygen atoms in total. The molecule has 0 aliphatic carbocycles. The maximum atomic E-state index is 12.6. The molecule has 0 bridgehead atoms. The molecule has 0 aromatic carbocycles. The summed E-state index contributed by atoms with van der Waals surface area (Å²) < 4.78 is 12.6. The molecule has 0 aliphatic rings. The molecule has 0 spiro atoms. The molecular formula is C11H15FN2. The fourth-order valence-corrected chi connectivity index (χ4v) is 1.18. The zero-order chi connectivity index (χ0) is 10.4. The van der Waals surface area contributed by atoms with Gasteiger partial charge in [0.1, 0.15) is 5.82 Å². The molecule has 0 saturated heterocycles. The van der Waals surface area contributed by atoms with Gasteiger partial charge in [-0.3, -0.25) is 4.98 Å². The summed E-state index contributed by atoms with van der Waals surface area (Å²) in [7, 11) is 0. The Bertz CT molecular complexity index is 282. The fourth-order valence-electron chi connectivity index (χ4n) is 1.18. The highest BCUT2D eigenvalue weighted by Gasteiger charge is 2.06. The molecule has 0 fully saturated rings. The van der Waals surface area contributed by atoms with Gasteiger partial charge in [-0.15, -0.1) is 6.58 Å². The molecule has 3 heteroatoms. The molecule has 0 saturated carbocycles. The van der Waals surface area contributed by atoms with Crippen LogP contribution in [0, 0.1) is 5.82 Å². The van der Waals surface area contributed by atoms with Crippen LogP contribution in [0.5, 0.6) is 0 Å². The Morgan fingerprint density at radius 1 is 1.64 bits per heavy atom. The quantitative estimate of drug-likeness (QED) is 0.728. The van der Waals surface area contributed by atoms with Crippen LogP contribution >= 0.6 is 0 Å². The highest BCUT2D eigenvalue weighted by atomic mass is 19.1. The Kier molecular flexibility index (Phi) is 4.26. The SMILES string of the molecule is C=CC(NCCC)c1ccc(F)cn1. The molecule has 1 aromatic rings. The largest absolute Gasteiger partial charge is 0.305 e. The lowest BCUT2D eigenvalue weighted by Gasteiger charge is -2.12. The third-order valence-corrected chi connectivity index (χ3v) is 1.92. The molecule has 1 rings (SSSR count). The van der Waals surface area contributed by atoms with Gasteiger partial charge < -0.3 is 5.32 Å². The maximum absolute atomic E-state index is 12.6. The summed E-state index contributed by atoms with van der Waals surface area (Å²) in [5.41, 5.74) is 0.801. The van der Waals surface area contributed by atoms with E-state index in [1.807, 2.05) is 0 Å². The van der Waals surface area contributed by atoms with Gasteiger partial charge in [-0.2, -0.15) is 0 Å². The van der Waals surface area contributed by atoms with Crippen molar-refractivity contribution in [2.45, 2.75) is 19.4 Å². The number of halogens is 1. The van der Waals surface area contributed by atoms with Crippen molar-refractivity contribution in [3.63, 3.8) is 0 Å². The van der Waals surface area contributed by atoms with E-state index in [2.05, 4.69) is 23.8 Å². The number of rotatable bonds is 5. The molecule has 1 N–H and O–H groups in total. The lowest BCUT2D eigenvalue weighted by atomic mass is 10.2. The smallest absolute Gasteiger partial charge is 0.141 e. The van der Waals surface area contributed by atoms with Crippen molar-refractivity contribution in [2.24, 2.45) is 0 Å². The van der Waals surface area contributed by atoms with E-state index in [-0.39, 0.29) is 11.9 Å². The lowest BCUT2D eigenvalue weighted by Crippen LogP contribution is -2.21. The molecule has 1 aromatic heterocycles. The Hall–Kier alpha value is -1.22. The van der Waals surface area contributed by atoms with Gasteiger partial charge in [0.15, 0.2) is 0 Å². The second kappa shape index (κ2) is 5.50. The molecule has 1 atom stereocenters. The van der Waals surface area contributed by atoms with Crippen molar-refractivity contribution in [3.8, 4) is 0 Å². The van der Waals surface area contributed by atoms with Gasteiger partial charge in [0.25, 0.3) is 0 Å². The number of hydrogen-bond donors (Lipinski definition) is 1. The average molecular weight is 194 g/mol. The van der Waals surface area contributed by atoms with Gasteiger partial charge in [0.2, 0.25) is 0 Å². The van der Waals surface area contributed by atoms with Gasteiger partial charge in [-0.1, -0.05) is 13.0 Å². The molecule has 14 heavy (non-hydrogen) atoms. The minimum Gasteiger partial charge on any atom is -0.305 e. The third kappa shape index (κ3) is 2.92. The van der Waals surface area contributed by atoms with E-state index in [4.69, 9.17) is 0 Å². The van der Waals surface area contributed by atoms with Crippen molar-refractivity contribution in [1.29, 1.82) is 0 Å². The van der Waals surface area contributed by atoms with Crippen molar-refractivity contribution in [1.82, 2.24) is 10.3 Å². The Morgan fingerprint density at radius 2 is 2.43 bits per heavy atom. The van der Waals surface area contributed by atoms with E-state index in [9.17, 15) is 4.39 Å². The summed E-state index contributed by atoms with van der Waals surface area (Å²) in [6.07, 6.45) is 4.04. The number of hydrogen-bond acceptors (Lipinski definition) is 2. The van der Waals surface area contributed by atoms with Crippen molar-refractivity contribution in [3.05, 3.63) is 42.5 Å². The van der Waals surface area contributed by atoms with Gasteiger partial charge >= 0.3 is 0 Å². The third-order valence-electron chi connectivity index (χ3n) is 1.92. The predicted octanol–water partition coefficient (Wildman–Crippen LogP) is 2.45. The summed E-state index contributed by atoms with van der Waals surface area (Å²) in [5, 5.41) is 3.25. The van der Waals surface area contributed by atoms with E-state index in [1.54, 1.807) is 12.1 Å². The maximum Gasteiger partial charge on any atom is 0.141 e. The number of nitrogens with zero attached hydrogens (tertiary/aromatic N) is 1. The standard InChI is InChI=1S/C11H15FN2/c1-3-7-13-10(4-2)11-6-5-9(12)8-14-11/h4-6,8,10,13H,2-3,7H2,1H3. The molecule has 76 valence electrons. The second-order valence-corrected chi connectivity index (χ2v) is 3.07. The summed E-state index contributed by atoms with van der Waals surface area (Å²) in [6.45, 7) is 6.70.